The third-order valence-electron chi connectivity index (χ3n) is 4.83. The largest absolute Gasteiger partial charge is 0.356 e. The van der Waals surface area contributed by atoms with Crippen LogP contribution in [0.5, 0.6) is 0 Å². The van der Waals surface area contributed by atoms with E-state index >= 15 is 0 Å². The van der Waals surface area contributed by atoms with Gasteiger partial charge < -0.3 is 5.32 Å². The number of carbonyl (C=O) groups is 1. The van der Waals surface area contributed by atoms with Gasteiger partial charge in [0, 0.05) is 23.5 Å². The lowest BCUT2D eigenvalue weighted by molar-refractivity contribution is -0.126. The third kappa shape index (κ3) is 5.68. The van der Waals surface area contributed by atoms with Gasteiger partial charge >= 0.3 is 0 Å². The maximum Gasteiger partial charge on any atom is 0.223 e. The van der Waals surface area contributed by atoms with Gasteiger partial charge in [-0.15, -0.1) is 0 Å². The lowest BCUT2D eigenvalue weighted by Crippen LogP contribution is -2.40. The van der Waals surface area contributed by atoms with Gasteiger partial charge in [-0.05, 0) is 55.6 Å². The highest BCUT2D eigenvalue weighted by Crippen LogP contribution is 2.20. The second kappa shape index (κ2) is 9.16. The van der Waals surface area contributed by atoms with E-state index in [0.717, 1.165) is 49.9 Å². The first-order valence-corrected chi connectivity index (χ1v) is 9.78. The minimum absolute atomic E-state index is 0.164. The Hall–Kier alpha value is -1.65. The summed E-state index contributed by atoms with van der Waals surface area (Å²) in [5, 5.41) is 3.11. The Bertz CT molecular complexity index is 664. The minimum atomic E-state index is 0.164. The van der Waals surface area contributed by atoms with Gasteiger partial charge in [0.25, 0.3) is 0 Å². The van der Waals surface area contributed by atoms with E-state index in [9.17, 15) is 4.79 Å². The van der Waals surface area contributed by atoms with Crippen molar-refractivity contribution in [2.24, 2.45) is 5.92 Å². The molecule has 2 aromatic carbocycles. The van der Waals surface area contributed by atoms with E-state index in [1.54, 1.807) is 0 Å². The zero-order chi connectivity index (χ0) is 17.5. The van der Waals surface area contributed by atoms with Gasteiger partial charge in [-0.3, -0.25) is 9.69 Å². The monoisotopic (exact) mass is 400 g/mol. The quantitative estimate of drug-likeness (QED) is 0.793. The zero-order valence-electron chi connectivity index (χ0n) is 14.5. The highest BCUT2D eigenvalue weighted by molar-refractivity contribution is 9.10. The number of benzene rings is 2. The molecule has 4 heteroatoms. The van der Waals surface area contributed by atoms with Crippen molar-refractivity contribution in [2.45, 2.75) is 25.8 Å². The van der Waals surface area contributed by atoms with E-state index in [-0.39, 0.29) is 11.8 Å². The Balaban J connectivity index is 1.38. The van der Waals surface area contributed by atoms with Crippen LogP contribution in [0, 0.1) is 5.92 Å². The van der Waals surface area contributed by atoms with Crippen molar-refractivity contribution in [1.29, 1.82) is 0 Å². The first kappa shape index (κ1) is 18.2. The standard InChI is InChI=1S/C21H25BrN2O/c22-20-8-6-18(7-9-20)16-24-14-11-19(12-15-24)21(25)23-13-10-17-4-2-1-3-5-17/h1-9,19H,10-16H2,(H,23,25). The fourth-order valence-electron chi connectivity index (χ4n) is 3.32. The number of nitrogens with zero attached hydrogens (tertiary/aromatic N) is 1. The van der Waals surface area contributed by atoms with Gasteiger partial charge in [-0.25, -0.2) is 0 Å². The maximum absolute atomic E-state index is 12.4. The maximum atomic E-state index is 12.4. The van der Waals surface area contributed by atoms with Crippen LogP contribution in [-0.4, -0.2) is 30.4 Å². The molecule has 1 N–H and O–H groups in total. The molecular weight excluding hydrogens is 376 g/mol. The van der Waals surface area contributed by atoms with Crippen LogP contribution in [0.4, 0.5) is 0 Å². The Morgan fingerprint density at radius 3 is 2.36 bits per heavy atom. The molecule has 0 spiro atoms. The number of hydrogen-bond donors (Lipinski definition) is 1. The molecule has 1 heterocycles. The smallest absolute Gasteiger partial charge is 0.223 e. The number of rotatable bonds is 6. The molecular formula is C21H25BrN2O. The number of amides is 1. The van der Waals surface area contributed by atoms with Crippen LogP contribution in [0.15, 0.2) is 59.1 Å². The van der Waals surface area contributed by atoms with Crippen LogP contribution in [-0.2, 0) is 17.8 Å². The number of carbonyl (C=O) groups excluding carboxylic acids is 1. The molecule has 1 saturated heterocycles. The summed E-state index contributed by atoms with van der Waals surface area (Å²) in [4.78, 5) is 14.8. The van der Waals surface area contributed by atoms with Crippen LogP contribution in [0.25, 0.3) is 0 Å². The molecule has 1 amide bonds. The molecule has 0 aromatic heterocycles. The van der Waals surface area contributed by atoms with Crippen molar-refractivity contribution in [2.75, 3.05) is 19.6 Å². The first-order chi connectivity index (χ1) is 12.2. The first-order valence-electron chi connectivity index (χ1n) is 8.99. The van der Waals surface area contributed by atoms with Crippen molar-refractivity contribution < 1.29 is 4.79 Å². The second-order valence-electron chi connectivity index (χ2n) is 6.70. The summed E-state index contributed by atoms with van der Waals surface area (Å²) >= 11 is 3.47. The molecule has 1 aliphatic heterocycles. The lowest BCUT2D eigenvalue weighted by atomic mass is 9.95. The van der Waals surface area contributed by atoms with Gasteiger partial charge in [0.1, 0.15) is 0 Å². The number of hydrogen-bond acceptors (Lipinski definition) is 2. The summed E-state index contributed by atoms with van der Waals surface area (Å²) in [5.74, 6) is 0.385. The number of piperidine rings is 1. The Labute approximate surface area is 158 Å². The summed E-state index contributed by atoms with van der Waals surface area (Å²) in [6.45, 7) is 3.68. The van der Waals surface area contributed by atoms with Crippen molar-refractivity contribution in [3.8, 4) is 0 Å². The highest BCUT2D eigenvalue weighted by Gasteiger charge is 2.24. The molecule has 3 nitrogen and oxygen atoms in total. The second-order valence-corrected chi connectivity index (χ2v) is 7.62. The molecule has 0 unspecified atom stereocenters. The minimum Gasteiger partial charge on any atom is -0.356 e. The highest BCUT2D eigenvalue weighted by atomic mass is 79.9. The number of halogens is 1. The van der Waals surface area contributed by atoms with Gasteiger partial charge in [0.2, 0.25) is 5.91 Å². The van der Waals surface area contributed by atoms with E-state index in [1.165, 1.54) is 11.1 Å². The molecule has 0 atom stereocenters. The van der Waals surface area contributed by atoms with Crippen LogP contribution < -0.4 is 5.32 Å². The lowest BCUT2D eigenvalue weighted by Gasteiger charge is -2.31. The van der Waals surface area contributed by atoms with Crippen LogP contribution in [0.2, 0.25) is 0 Å². The topological polar surface area (TPSA) is 32.3 Å². The zero-order valence-corrected chi connectivity index (χ0v) is 16.0. The van der Waals surface area contributed by atoms with E-state index in [2.05, 4.69) is 62.5 Å². The van der Waals surface area contributed by atoms with Crippen LogP contribution in [0.3, 0.4) is 0 Å². The van der Waals surface area contributed by atoms with Gasteiger partial charge in [-0.1, -0.05) is 58.4 Å². The molecule has 0 saturated carbocycles. The number of likely N-dealkylation sites (tertiary alicyclic amines) is 1. The van der Waals surface area contributed by atoms with Crippen molar-refractivity contribution >= 4 is 21.8 Å². The van der Waals surface area contributed by atoms with Gasteiger partial charge in [0.15, 0.2) is 0 Å². The van der Waals surface area contributed by atoms with E-state index in [4.69, 9.17) is 0 Å². The predicted octanol–water partition coefficient (Wildman–Crippen LogP) is 4.02. The van der Waals surface area contributed by atoms with Crippen molar-refractivity contribution in [3.05, 3.63) is 70.2 Å². The summed E-state index contributed by atoms with van der Waals surface area (Å²) in [6, 6.07) is 18.8. The van der Waals surface area contributed by atoms with Gasteiger partial charge in [-0.2, -0.15) is 0 Å². The molecule has 0 aliphatic carbocycles. The van der Waals surface area contributed by atoms with Crippen LogP contribution in [0.1, 0.15) is 24.0 Å². The Kier molecular flexibility index (Phi) is 6.65. The fraction of sp³-hybridized carbons (Fsp3) is 0.381. The Morgan fingerprint density at radius 1 is 1.00 bits per heavy atom. The summed E-state index contributed by atoms with van der Waals surface area (Å²) < 4.78 is 1.11. The third-order valence-corrected chi connectivity index (χ3v) is 5.36. The Morgan fingerprint density at radius 2 is 1.68 bits per heavy atom. The summed E-state index contributed by atoms with van der Waals surface area (Å²) in [7, 11) is 0. The summed E-state index contributed by atoms with van der Waals surface area (Å²) in [6.07, 6.45) is 2.80. The van der Waals surface area contributed by atoms with Crippen molar-refractivity contribution in [1.82, 2.24) is 10.2 Å². The molecule has 0 bridgehead atoms. The number of nitrogens with one attached hydrogen (secondary N) is 1. The molecule has 132 valence electrons. The van der Waals surface area contributed by atoms with Crippen LogP contribution >= 0.6 is 15.9 Å². The van der Waals surface area contributed by atoms with E-state index in [0.29, 0.717) is 0 Å². The molecule has 3 rings (SSSR count). The van der Waals surface area contributed by atoms with Crippen molar-refractivity contribution in [3.63, 3.8) is 0 Å². The predicted molar refractivity (Wildman–Crippen MR) is 105 cm³/mol. The fourth-order valence-corrected chi connectivity index (χ4v) is 3.58. The molecule has 1 fully saturated rings. The molecule has 25 heavy (non-hydrogen) atoms. The van der Waals surface area contributed by atoms with E-state index in [1.807, 2.05) is 18.2 Å². The average Bonchev–Trinajstić information content (AvgIpc) is 2.65. The molecule has 0 radical (unpaired) electrons. The van der Waals surface area contributed by atoms with Gasteiger partial charge in [0.05, 0.1) is 0 Å². The van der Waals surface area contributed by atoms with E-state index < -0.39 is 0 Å². The molecule has 2 aromatic rings. The normalized spacial score (nSPS) is 15.9. The summed E-state index contributed by atoms with van der Waals surface area (Å²) in [5.41, 5.74) is 2.60. The average molecular weight is 401 g/mol. The SMILES string of the molecule is O=C(NCCc1ccccc1)C1CCN(Cc2ccc(Br)cc2)CC1. The molecule has 1 aliphatic rings.